The Balaban J connectivity index is 1.50. The molecule has 1 aliphatic rings. The van der Waals surface area contributed by atoms with Gasteiger partial charge in [0.2, 0.25) is 0 Å². The second-order valence-electron chi connectivity index (χ2n) is 9.05. The summed E-state index contributed by atoms with van der Waals surface area (Å²) in [4.78, 5) is 9.00. The lowest BCUT2D eigenvalue weighted by atomic mass is 9.86. The van der Waals surface area contributed by atoms with Crippen LogP contribution in [-0.2, 0) is 6.42 Å². The lowest BCUT2D eigenvalue weighted by molar-refractivity contribution is 0.593. The lowest BCUT2D eigenvalue weighted by Crippen LogP contribution is -2.27. The summed E-state index contributed by atoms with van der Waals surface area (Å²) < 4.78 is 1.09. The van der Waals surface area contributed by atoms with Gasteiger partial charge in [-0.05, 0) is 61.6 Å². The van der Waals surface area contributed by atoms with E-state index in [2.05, 4.69) is 79.9 Å². The third-order valence-electron chi connectivity index (χ3n) is 6.50. The van der Waals surface area contributed by atoms with E-state index >= 15 is 0 Å². The van der Waals surface area contributed by atoms with Gasteiger partial charge in [0.1, 0.15) is 18.0 Å². The molecule has 0 spiro atoms. The highest BCUT2D eigenvalue weighted by Gasteiger charge is 2.21. The molecule has 1 aliphatic carbocycles. The van der Waals surface area contributed by atoms with Crippen LogP contribution in [0, 0.1) is 0 Å². The van der Waals surface area contributed by atoms with E-state index in [1.807, 2.05) is 18.2 Å². The fraction of sp³-hybridized carbons (Fsp3) is 0.407. The molecule has 2 N–H and O–H groups in total. The lowest BCUT2D eigenvalue weighted by Gasteiger charge is -2.27. The topological polar surface area (TPSA) is 49.8 Å². The first-order chi connectivity index (χ1) is 16.1. The largest absolute Gasteiger partial charge is 0.367 e. The molecule has 0 saturated heterocycles. The molecule has 4 nitrogen and oxygen atoms in total. The summed E-state index contributed by atoms with van der Waals surface area (Å²) in [5.74, 6) is 2.02. The predicted molar refractivity (Wildman–Crippen MR) is 142 cm³/mol. The van der Waals surface area contributed by atoms with Crippen molar-refractivity contribution in [1.82, 2.24) is 9.97 Å². The van der Waals surface area contributed by atoms with E-state index in [0.717, 1.165) is 27.6 Å². The second-order valence-corrected chi connectivity index (χ2v) is 10.4. The van der Waals surface area contributed by atoms with Gasteiger partial charge in [0, 0.05) is 33.6 Å². The smallest absolute Gasteiger partial charge is 0.131 e. The molecule has 0 aliphatic heterocycles. The van der Waals surface area contributed by atoms with E-state index in [1.54, 1.807) is 6.33 Å². The van der Waals surface area contributed by atoms with Gasteiger partial charge >= 0.3 is 0 Å². The summed E-state index contributed by atoms with van der Waals surface area (Å²) in [6.07, 6.45) is 10.3. The number of benzene rings is 2. The molecular weight excluding hydrogens is 496 g/mol. The molecule has 6 heteroatoms. The molecule has 1 heterocycles. The van der Waals surface area contributed by atoms with Gasteiger partial charge in [0.05, 0.1) is 0 Å². The Kier molecular flexibility index (Phi) is 8.63. The first kappa shape index (κ1) is 24.0. The molecule has 1 saturated carbocycles. The van der Waals surface area contributed by atoms with Crippen LogP contribution in [0.1, 0.15) is 62.5 Å². The highest BCUT2D eigenvalue weighted by atomic mass is 79.9. The number of anilines is 2. The molecule has 3 aromatic rings. The third kappa shape index (κ3) is 7.18. The minimum Gasteiger partial charge on any atom is -0.367 e. The number of rotatable bonds is 8. The number of nitrogens with one attached hydrogen (secondary N) is 2. The molecule has 1 fully saturated rings. The van der Waals surface area contributed by atoms with Gasteiger partial charge < -0.3 is 10.6 Å². The second kappa shape index (κ2) is 11.8. The SMILES string of the molecule is C[C@H](Nc1cc(NC2CCCCCC2)ncn1)[C@@H](Cc1ccc(Cl)cc1)c1cccc(Br)c1. The van der Waals surface area contributed by atoms with Gasteiger partial charge in [0.15, 0.2) is 0 Å². The molecule has 0 amide bonds. The zero-order valence-electron chi connectivity index (χ0n) is 19.1. The van der Waals surface area contributed by atoms with Crippen molar-refractivity contribution in [2.75, 3.05) is 10.6 Å². The van der Waals surface area contributed by atoms with Crippen LogP contribution in [0.4, 0.5) is 11.6 Å². The Morgan fingerprint density at radius 1 is 0.970 bits per heavy atom. The van der Waals surface area contributed by atoms with Gasteiger partial charge in [-0.2, -0.15) is 0 Å². The summed E-state index contributed by atoms with van der Waals surface area (Å²) in [6, 6.07) is 19.4. The summed E-state index contributed by atoms with van der Waals surface area (Å²) >= 11 is 9.75. The molecule has 2 atom stereocenters. The average Bonchev–Trinajstić information content (AvgIpc) is 3.07. The Morgan fingerprint density at radius 3 is 2.42 bits per heavy atom. The fourth-order valence-corrected chi connectivity index (χ4v) is 5.22. The standard InChI is InChI=1S/C27H32BrClN4/c1-19(32-26-17-27(31-18-30-26)33-24-9-4-2-3-5-10-24)25(21-7-6-8-22(28)16-21)15-20-11-13-23(29)14-12-20/h6-8,11-14,16-19,24-25H,2-5,9-10,15H2,1H3,(H2,30,31,32,33)/t19-,25+/m0/s1. The van der Waals surface area contributed by atoms with E-state index in [4.69, 9.17) is 11.6 Å². The van der Waals surface area contributed by atoms with Crippen LogP contribution in [-0.4, -0.2) is 22.1 Å². The van der Waals surface area contributed by atoms with Crippen molar-refractivity contribution in [3.05, 3.63) is 81.5 Å². The van der Waals surface area contributed by atoms with Crippen molar-refractivity contribution in [2.45, 2.75) is 69.9 Å². The van der Waals surface area contributed by atoms with E-state index < -0.39 is 0 Å². The van der Waals surface area contributed by atoms with Gasteiger partial charge in [-0.15, -0.1) is 0 Å². The summed E-state index contributed by atoms with van der Waals surface area (Å²) in [5.41, 5.74) is 2.54. The van der Waals surface area contributed by atoms with E-state index in [-0.39, 0.29) is 12.0 Å². The van der Waals surface area contributed by atoms with Crippen molar-refractivity contribution in [2.24, 2.45) is 0 Å². The van der Waals surface area contributed by atoms with Gasteiger partial charge in [-0.1, -0.05) is 77.5 Å². The molecule has 4 rings (SSSR count). The Morgan fingerprint density at radius 2 is 1.70 bits per heavy atom. The molecule has 0 unspecified atom stereocenters. The Hall–Kier alpha value is -2.11. The van der Waals surface area contributed by atoms with Crippen LogP contribution in [0.25, 0.3) is 0 Å². The number of hydrogen-bond donors (Lipinski definition) is 2. The Bertz CT molecular complexity index is 1020. The fourth-order valence-electron chi connectivity index (χ4n) is 4.68. The van der Waals surface area contributed by atoms with Crippen molar-refractivity contribution >= 4 is 39.2 Å². The van der Waals surface area contributed by atoms with Crippen LogP contribution >= 0.6 is 27.5 Å². The maximum Gasteiger partial charge on any atom is 0.131 e. The van der Waals surface area contributed by atoms with Gasteiger partial charge in [-0.25, -0.2) is 9.97 Å². The monoisotopic (exact) mass is 526 g/mol. The van der Waals surface area contributed by atoms with Crippen molar-refractivity contribution < 1.29 is 0 Å². The number of hydrogen-bond acceptors (Lipinski definition) is 4. The van der Waals surface area contributed by atoms with Crippen LogP contribution < -0.4 is 10.6 Å². The Labute approximate surface area is 210 Å². The van der Waals surface area contributed by atoms with Gasteiger partial charge in [-0.3, -0.25) is 0 Å². The third-order valence-corrected chi connectivity index (χ3v) is 7.24. The van der Waals surface area contributed by atoms with Crippen LogP contribution in [0.5, 0.6) is 0 Å². The number of aromatic nitrogens is 2. The van der Waals surface area contributed by atoms with Crippen LogP contribution in [0.2, 0.25) is 5.02 Å². The minimum atomic E-state index is 0.163. The summed E-state index contributed by atoms with van der Waals surface area (Å²) in [5, 5.41) is 8.05. The predicted octanol–water partition coefficient (Wildman–Crippen LogP) is 7.85. The molecule has 1 aromatic heterocycles. The van der Waals surface area contributed by atoms with Crippen molar-refractivity contribution in [3.63, 3.8) is 0 Å². The van der Waals surface area contributed by atoms with Crippen molar-refractivity contribution in [3.8, 4) is 0 Å². The summed E-state index contributed by atoms with van der Waals surface area (Å²) in [7, 11) is 0. The van der Waals surface area contributed by atoms with Gasteiger partial charge in [0.25, 0.3) is 0 Å². The molecular formula is C27H32BrClN4. The zero-order valence-corrected chi connectivity index (χ0v) is 21.4. The van der Waals surface area contributed by atoms with E-state index in [1.165, 1.54) is 49.7 Å². The average molecular weight is 528 g/mol. The number of halogens is 2. The van der Waals surface area contributed by atoms with Crippen LogP contribution in [0.3, 0.4) is 0 Å². The molecule has 2 aromatic carbocycles. The molecule has 0 bridgehead atoms. The zero-order chi connectivity index (χ0) is 23.0. The minimum absolute atomic E-state index is 0.163. The quantitative estimate of drug-likeness (QED) is 0.293. The number of nitrogens with zero attached hydrogens (tertiary/aromatic N) is 2. The highest BCUT2D eigenvalue weighted by molar-refractivity contribution is 9.10. The maximum absolute atomic E-state index is 6.11. The molecule has 33 heavy (non-hydrogen) atoms. The van der Waals surface area contributed by atoms with E-state index in [0.29, 0.717) is 6.04 Å². The molecule has 0 radical (unpaired) electrons. The molecule has 174 valence electrons. The van der Waals surface area contributed by atoms with Crippen LogP contribution in [0.15, 0.2) is 65.4 Å². The maximum atomic E-state index is 6.11. The van der Waals surface area contributed by atoms with Crippen molar-refractivity contribution in [1.29, 1.82) is 0 Å². The first-order valence-electron chi connectivity index (χ1n) is 11.9. The van der Waals surface area contributed by atoms with E-state index in [9.17, 15) is 0 Å². The summed E-state index contributed by atoms with van der Waals surface area (Å²) in [6.45, 7) is 2.22. The highest BCUT2D eigenvalue weighted by Crippen LogP contribution is 2.29. The normalized spacial score (nSPS) is 16.6. The first-order valence-corrected chi connectivity index (χ1v) is 13.1.